The Hall–Kier alpha value is -5.97. The van der Waals surface area contributed by atoms with Crippen LogP contribution in [0, 0.1) is 0 Å². The highest BCUT2D eigenvalue weighted by molar-refractivity contribution is 5.99. The monoisotopic (exact) mass is 737 g/mol. The van der Waals surface area contributed by atoms with Crippen molar-refractivity contribution in [2.45, 2.75) is 18.9 Å². The molecule has 1 fully saturated rings. The van der Waals surface area contributed by atoms with Gasteiger partial charge in [0, 0.05) is 56.8 Å². The number of aromatic nitrogens is 5. The minimum atomic E-state index is -4.60. The van der Waals surface area contributed by atoms with E-state index in [1.807, 2.05) is 12.1 Å². The number of hydrogen-bond donors (Lipinski definition) is 0. The van der Waals surface area contributed by atoms with E-state index < -0.39 is 24.5 Å². The average molecular weight is 738 g/mol. The fourth-order valence-electron chi connectivity index (χ4n) is 5.93. The van der Waals surface area contributed by atoms with Crippen molar-refractivity contribution in [2.24, 2.45) is 7.05 Å². The minimum absolute atomic E-state index is 0.119. The van der Waals surface area contributed by atoms with Crippen molar-refractivity contribution in [3.8, 4) is 40.4 Å². The van der Waals surface area contributed by atoms with Crippen LogP contribution in [-0.2, 0) is 19.8 Å². The van der Waals surface area contributed by atoms with E-state index in [-0.39, 0.29) is 40.5 Å². The first-order valence-corrected chi connectivity index (χ1v) is 16.2. The third-order valence-electron chi connectivity index (χ3n) is 8.60. The SMILES string of the molecule is Cn1c(C(=O)N2CCN(Cc3ccc(OCC(F)(F)F)cc3)CC2)cc2ccc(Oc3cnc(-c4nc(-c5ccccc5C(F)(F)F)no4)cn3)cc21. The van der Waals surface area contributed by atoms with Crippen LogP contribution in [0.3, 0.4) is 0 Å². The molecule has 1 saturated heterocycles. The summed E-state index contributed by atoms with van der Waals surface area (Å²) in [5.41, 5.74) is 1.18. The second kappa shape index (κ2) is 14.2. The number of ether oxygens (including phenoxy) is 2. The molecule has 6 aromatic rings. The maximum absolute atomic E-state index is 13.6. The zero-order valence-electron chi connectivity index (χ0n) is 27.9. The number of aryl methyl sites for hydroxylation is 1. The molecule has 1 aliphatic rings. The third-order valence-corrected chi connectivity index (χ3v) is 8.60. The Morgan fingerprint density at radius 3 is 2.30 bits per heavy atom. The molecule has 0 atom stereocenters. The van der Waals surface area contributed by atoms with Gasteiger partial charge in [0.1, 0.15) is 22.9 Å². The Balaban J connectivity index is 0.960. The van der Waals surface area contributed by atoms with E-state index in [9.17, 15) is 31.1 Å². The van der Waals surface area contributed by atoms with Crippen LogP contribution < -0.4 is 9.47 Å². The van der Waals surface area contributed by atoms with Crippen LogP contribution in [0.2, 0.25) is 0 Å². The fourth-order valence-corrected chi connectivity index (χ4v) is 5.93. The Kier molecular flexibility index (Phi) is 9.50. The Morgan fingerprint density at radius 1 is 0.868 bits per heavy atom. The lowest BCUT2D eigenvalue weighted by Crippen LogP contribution is -2.48. The summed E-state index contributed by atoms with van der Waals surface area (Å²) >= 11 is 0. The molecule has 1 amide bonds. The summed E-state index contributed by atoms with van der Waals surface area (Å²) in [4.78, 5) is 30.1. The van der Waals surface area contributed by atoms with Crippen molar-refractivity contribution in [1.82, 2.24) is 34.5 Å². The molecule has 274 valence electrons. The molecule has 0 saturated carbocycles. The van der Waals surface area contributed by atoms with Crippen molar-refractivity contribution in [3.63, 3.8) is 0 Å². The number of alkyl halides is 6. The molecular formula is C36H29F6N7O4. The first-order chi connectivity index (χ1) is 25.3. The molecule has 3 aromatic heterocycles. The number of rotatable bonds is 9. The number of fused-ring (bicyclic) bond motifs is 1. The fraction of sp³-hybridized carbons (Fsp3) is 0.250. The molecule has 0 bridgehead atoms. The number of piperazine rings is 1. The summed E-state index contributed by atoms with van der Waals surface area (Å²) in [5.74, 6) is 0.224. The normalized spacial score (nSPS) is 14.1. The molecule has 0 aliphatic carbocycles. The van der Waals surface area contributed by atoms with Gasteiger partial charge in [-0.2, -0.15) is 31.3 Å². The van der Waals surface area contributed by atoms with Crippen molar-refractivity contribution < 1.29 is 45.1 Å². The molecule has 53 heavy (non-hydrogen) atoms. The Labute approximate surface area is 297 Å². The van der Waals surface area contributed by atoms with Crippen molar-refractivity contribution >= 4 is 16.8 Å². The van der Waals surface area contributed by atoms with E-state index in [2.05, 4.69) is 25.0 Å². The van der Waals surface area contributed by atoms with Gasteiger partial charge in [-0.05, 0) is 42.0 Å². The lowest BCUT2D eigenvalue weighted by Gasteiger charge is -2.34. The van der Waals surface area contributed by atoms with Crippen LogP contribution >= 0.6 is 0 Å². The number of benzene rings is 3. The lowest BCUT2D eigenvalue weighted by atomic mass is 10.1. The van der Waals surface area contributed by atoms with Crippen LogP contribution in [0.5, 0.6) is 17.4 Å². The first kappa shape index (κ1) is 35.4. The second-order valence-corrected chi connectivity index (χ2v) is 12.2. The first-order valence-electron chi connectivity index (χ1n) is 16.2. The van der Waals surface area contributed by atoms with E-state index >= 15 is 0 Å². The van der Waals surface area contributed by atoms with Gasteiger partial charge in [-0.15, -0.1) is 0 Å². The zero-order chi connectivity index (χ0) is 37.3. The molecule has 11 nitrogen and oxygen atoms in total. The van der Waals surface area contributed by atoms with E-state index in [1.165, 1.54) is 42.7 Å². The molecule has 0 radical (unpaired) electrons. The standard InChI is InChI=1S/C36H29F6N7O4/c1-47-29-17-25(52-31-19-43-28(18-44-31)33-45-32(46-53-33)26-4-2-3-5-27(26)36(40,41)42)11-8-23(29)16-30(47)34(50)49-14-12-48(13-15-49)20-22-6-9-24(10-7-22)51-21-35(37,38)39/h2-11,16-19H,12-15,20-21H2,1H3. The zero-order valence-corrected chi connectivity index (χ0v) is 27.9. The summed E-state index contributed by atoms with van der Waals surface area (Å²) in [6.07, 6.45) is -6.39. The van der Waals surface area contributed by atoms with E-state index in [0.717, 1.165) is 22.5 Å². The summed E-state index contributed by atoms with van der Waals surface area (Å²) in [5, 5.41) is 4.52. The molecule has 17 heteroatoms. The maximum Gasteiger partial charge on any atom is 0.422 e. The van der Waals surface area contributed by atoms with Gasteiger partial charge < -0.3 is 23.5 Å². The largest absolute Gasteiger partial charge is 0.484 e. The minimum Gasteiger partial charge on any atom is -0.484 e. The van der Waals surface area contributed by atoms with Gasteiger partial charge in [-0.25, -0.2) is 9.97 Å². The average Bonchev–Trinajstić information content (AvgIpc) is 3.76. The quantitative estimate of drug-likeness (QED) is 0.140. The van der Waals surface area contributed by atoms with Gasteiger partial charge in [0.2, 0.25) is 11.7 Å². The van der Waals surface area contributed by atoms with Crippen LogP contribution in [0.15, 0.2) is 89.7 Å². The molecule has 0 spiro atoms. The number of halogens is 6. The number of nitrogens with zero attached hydrogens (tertiary/aromatic N) is 7. The van der Waals surface area contributed by atoms with E-state index in [0.29, 0.717) is 44.2 Å². The topological polar surface area (TPSA) is 112 Å². The second-order valence-electron chi connectivity index (χ2n) is 12.2. The van der Waals surface area contributed by atoms with E-state index in [1.54, 1.807) is 40.8 Å². The van der Waals surface area contributed by atoms with Gasteiger partial charge in [0.25, 0.3) is 11.8 Å². The summed E-state index contributed by atoms with van der Waals surface area (Å²) in [6, 6.07) is 18.5. The van der Waals surface area contributed by atoms with Gasteiger partial charge in [0.15, 0.2) is 6.61 Å². The molecule has 1 aliphatic heterocycles. The summed E-state index contributed by atoms with van der Waals surface area (Å²) in [6.45, 7) is 1.50. The van der Waals surface area contributed by atoms with Crippen molar-refractivity contribution in [1.29, 1.82) is 0 Å². The van der Waals surface area contributed by atoms with Crippen LogP contribution in [-0.4, -0.2) is 79.3 Å². The number of amides is 1. The van der Waals surface area contributed by atoms with Gasteiger partial charge in [-0.3, -0.25) is 9.69 Å². The highest BCUT2D eigenvalue weighted by Crippen LogP contribution is 2.36. The summed E-state index contributed by atoms with van der Waals surface area (Å²) < 4.78 is 95.2. The van der Waals surface area contributed by atoms with Crippen molar-refractivity contribution in [2.75, 3.05) is 32.8 Å². The van der Waals surface area contributed by atoms with Crippen LogP contribution in [0.1, 0.15) is 21.6 Å². The van der Waals surface area contributed by atoms with E-state index in [4.69, 9.17) is 14.0 Å². The number of carbonyl (C=O) groups excluding carboxylic acids is 1. The van der Waals surface area contributed by atoms with Gasteiger partial charge in [-0.1, -0.05) is 35.5 Å². The Morgan fingerprint density at radius 2 is 1.60 bits per heavy atom. The van der Waals surface area contributed by atoms with Crippen molar-refractivity contribution in [3.05, 3.63) is 102 Å². The van der Waals surface area contributed by atoms with Gasteiger partial charge >= 0.3 is 12.4 Å². The molecule has 0 unspecified atom stereocenters. The molecule has 4 heterocycles. The number of hydrogen-bond acceptors (Lipinski definition) is 9. The molecule has 0 N–H and O–H groups in total. The highest BCUT2D eigenvalue weighted by atomic mass is 19.4. The van der Waals surface area contributed by atoms with Crippen LogP contribution in [0.25, 0.3) is 33.9 Å². The van der Waals surface area contributed by atoms with Gasteiger partial charge in [0.05, 0.1) is 23.5 Å². The van der Waals surface area contributed by atoms with Crippen LogP contribution in [0.4, 0.5) is 26.3 Å². The molecule has 7 rings (SSSR count). The molecule has 3 aromatic carbocycles. The highest BCUT2D eigenvalue weighted by Gasteiger charge is 2.35. The lowest BCUT2D eigenvalue weighted by molar-refractivity contribution is -0.153. The summed E-state index contributed by atoms with van der Waals surface area (Å²) in [7, 11) is 1.79. The predicted octanol–water partition coefficient (Wildman–Crippen LogP) is 7.40. The smallest absolute Gasteiger partial charge is 0.422 e. The Bertz CT molecular complexity index is 2230. The predicted molar refractivity (Wildman–Crippen MR) is 178 cm³/mol. The molecular weight excluding hydrogens is 708 g/mol. The number of carbonyl (C=O) groups is 1. The maximum atomic E-state index is 13.6. The third kappa shape index (κ3) is 8.09.